The van der Waals surface area contributed by atoms with Crippen molar-refractivity contribution in [2.24, 2.45) is 0 Å². The van der Waals surface area contributed by atoms with E-state index in [9.17, 15) is 13.6 Å². The number of aryl methyl sites for hydroxylation is 1. The Bertz CT molecular complexity index is 1540. The van der Waals surface area contributed by atoms with Gasteiger partial charge in [0.05, 0.1) is 22.4 Å². The molecule has 7 nitrogen and oxygen atoms in total. The number of esters is 1. The molecule has 1 fully saturated rings. The van der Waals surface area contributed by atoms with Crippen LogP contribution in [0, 0.1) is 6.92 Å². The van der Waals surface area contributed by atoms with Crippen LogP contribution in [0.3, 0.4) is 0 Å². The summed E-state index contributed by atoms with van der Waals surface area (Å²) in [5.74, 6) is 0.189. The van der Waals surface area contributed by atoms with Crippen molar-refractivity contribution >= 4 is 28.5 Å². The first-order valence-corrected chi connectivity index (χ1v) is 13.4. The number of carbonyl (C=O) groups is 1. The highest BCUT2D eigenvalue weighted by Crippen LogP contribution is 2.40. The summed E-state index contributed by atoms with van der Waals surface area (Å²) >= 11 is 6.41. The van der Waals surface area contributed by atoms with Crippen LogP contribution in [0.4, 0.5) is 8.78 Å². The van der Waals surface area contributed by atoms with Gasteiger partial charge in [0.1, 0.15) is 11.4 Å². The summed E-state index contributed by atoms with van der Waals surface area (Å²) in [6, 6.07) is 10.9. The first-order chi connectivity index (χ1) is 19.0. The van der Waals surface area contributed by atoms with E-state index in [1.165, 1.54) is 24.5 Å². The summed E-state index contributed by atoms with van der Waals surface area (Å²) in [4.78, 5) is 16.6. The van der Waals surface area contributed by atoms with E-state index in [-0.39, 0.29) is 29.4 Å². The van der Waals surface area contributed by atoms with Crippen molar-refractivity contribution in [3.05, 3.63) is 76.1 Å². The Morgan fingerprint density at radius 3 is 2.52 bits per heavy atom. The Morgan fingerprint density at radius 2 is 1.88 bits per heavy atom. The maximum absolute atomic E-state index is 13.4. The first kappa shape index (κ1) is 27.8. The molecule has 10 heteroatoms. The van der Waals surface area contributed by atoms with Crippen LogP contribution in [0.2, 0.25) is 5.02 Å². The molecule has 0 saturated heterocycles. The lowest BCUT2D eigenvalue weighted by atomic mass is 9.97. The van der Waals surface area contributed by atoms with E-state index in [0.29, 0.717) is 28.2 Å². The van der Waals surface area contributed by atoms with Crippen molar-refractivity contribution in [3.8, 4) is 17.3 Å². The first-order valence-electron chi connectivity index (χ1n) is 13.0. The van der Waals surface area contributed by atoms with E-state index in [0.717, 1.165) is 11.3 Å². The minimum absolute atomic E-state index is 0.212. The molecule has 1 aliphatic carbocycles. The van der Waals surface area contributed by atoms with Gasteiger partial charge in [0.2, 0.25) is 5.88 Å². The molecule has 1 saturated carbocycles. The molecule has 5 rings (SSSR count). The molecule has 4 aromatic rings. The predicted molar refractivity (Wildman–Crippen MR) is 148 cm³/mol. The summed E-state index contributed by atoms with van der Waals surface area (Å²) in [6.45, 7) is 3.65. The molecule has 0 radical (unpaired) electrons. The zero-order valence-corrected chi connectivity index (χ0v) is 23.5. The molecule has 0 N–H and O–H groups in total. The second kappa shape index (κ2) is 11.0. The number of aromatic nitrogens is 3. The molecule has 2 heterocycles. The Hall–Kier alpha value is -3.72. The van der Waals surface area contributed by atoms with Gasteiger partial charge in [-0.2, -0.15) is 13.9 Å². The fourth-order valence-corrected chi connectivity index (χ4v) is 4.79. The van der Waals surface area contributed by atoms with Crippen molar-refractivity contribution in [1.82, 2.24) is 14.8 Å². The number of halogens is 3. The average molecular weight is 570 g/mol. The zero-order valence-electron chi connectivity index (χ0n) is 22.7. The van der Waals surface area contributed by atoms with Crippen LogP contribution in [-0.4, -0.2) is 39.6 Å². The van der Waals surface area contributed by atoms with E-state index < -0.39 is 18.2 Å². The van der Waals surface area contributed by atoms with Crippen LogP contribution in [-0.2, 0) is 16.0 Å². The van der Waals surface area contributed by atoms with Crippen LogP contribution in [0.5, 0.6) is 11.6 Å². The summed E-state index contributed by atoms with van der Waals surface area (Å²) < 4.78 is 44.7. The maximum atomic E-state index is 13.4. The standard InChI is InChI=1S/C30H30ClF2N3O4/c1-17-22(13-18-5-9-21(10-6-18)36-15-20(14-34-36)19-7-8-19)28(39-29(32)33)35-27-23(31)11-12-24(26(17)27)38-16-25(37)40-30(2,3)4/h5-6,9-12,14-15,19,29H,7-8,13,16H2,1-4H3. The molecule has 0 bridgehead atoms. The van der Waals surface area contributed by atoms with Crippen LogP contribution in [0.25, 0.3) is 16.6 Å². The Labute approximate surface area is 236 Å². The van der Waals surface area contributed by atoms with Crippen LogP contribution in [0.15, 0.2) is 48.8 Å². The summed E-state index contributed by atoms with van der Waals surface area (Å²) in [6.07, 6.45) is 6.61. The molecule has 40 heavy (non-hydrogen) atoms. The SMILES string of the molecule is Cc1c(Cc2ccc(-n3cc(C4CC4)cn3)cc2)c(OC(F)F)nc2c(Cl)ccc(OCC(=O)OC(C)(C)C)c12. The largest absolute Gasteiger partial charge is 0.481 e. The van der Waals surface area contributed by atoms with Gasteiger partial charge in [-0.25, -0.2) is 14.5 Å². The van der Waals surface area contributed by atoms with Gasteiger partial charge < -0.3 is 14.2 Å². The normalized spacial score (nSPS) is 13.6. The fraction of sp³-hybridized carbons (Fsp3) is 0.367. The highest BCUT2D eigenvalue weighted by Gasteiger charge is 2.25. The van der Waals surface area contributed by atoms with Gasteiger partial charge >= 0.3 is 12.6 Å². The quantitative estimate of drug-likeness (QED) is 0.199. The average Bonchev–Trinajstić information content (AvgIpc) is 3.61. The molecule has 2 aromatic carbocycles. The molecule has 210 valence electrons. The van der Waals surface area contributed by atoms with Crippen LogP contribution in [0.1, 0.15) is 61.8 Å². The molecular weight excluding hydrogens is 540 g/mol. The van der Waals surface area contributed by atoms with Crippen molar-refractivity contribution in [2.75, 3.05) is 6.61 Å². The van der Waals surface area contributed by atoms with E-state index in [4.69, 9.17) is 25.8 Å². The number of carbonyl (C=O) groups excluding carboxylic acids is 1. The third kappa shape index (κ3) is 6.36. The highest BCUT2D eigenvalue weighted by molar-refractivity contribution is 6.35. The smallest absolute Gasteiger partial charge is 0.388 e. The van der Waals surface area contributed by atoms with Crippen molar-refractivity contribution in [2.45, 2.75) is 65.1 Å². The van der Waals surface area contributed by atoms with E-state index in [1.54, 1.807) is 33.8 Å². The monoisotopic (exact) mass is 569 g/mol. The minimum Gasteiger partial charge on any atom is -0.481 e. The number of hydrogen-bond acceptors (Lipinski definition) is 6. The summed E-state index contributed by atoms with van der Waals surface area (Å²) in [7, 11) is 0. The van der Waals surface area contributed by atoms with E-state index >= 15 is 0 Å². The highest BCUT2D eigenvalue weighted by atomic mass is 35.5. The van der Waals surface area contributed by atoms with Gasteiger partial charge in [0.15, 0.2) is 6.61 Å². The van der Waals surface area contributed by atoms with Crippen molar-refractivity contribution < 1.29 is 27.8 Å². The van der Waals surface area contributed by atoms with Gasteiger partial charge in [0, 0.05) is 23.6 Å². The van der Waals surface area contributed by atoms with Crippen LogP contribution >= 0.6 is 11.6 Å². The number of hydrogen-bond donors (Lipinski definition) is 0. The topological polar surface area (TPSA) is 75.5 Å². The summed E-state index contributed by atoms with van der Waals surface area (Å²) in [5, 5.41) is 5.21. The molecule has 1 aliphatic rings. The third-order valence-electron chi connectivity index (χ3n) is 6.59. The van der Waals surface area contributed by atoms with Gasteiger partial charge in [-0.3, -0.25) is 0 Å². The lowest BCUT2D eigenvalue weighted by molar-refractivity contribution is -0.157. The Morgan fingerprint density at radius 1 is 1.15 bits per heavy atom. The molecule has 0 amide bonds. The number of alkyl halides is 2. The number of nitrogens with zero attached hydrogens (tertiary/aromatic N) is 3. The lowest BCUT2D eigenvalue weighted by Crippen LogP contribution is -2.27. The molecule has 0 atom stereocenters. The second-order valence-corrected chi connectivity index (χ2v) is 11.3. The van der Waals surface area contributed by atoms with Crippen molar-refractivity contribution in [3.63, 3.8) is 0 Å². The lowest BCUT2D eigenvalue weighted by Gasteiger charge is -2.20. The van der Waals surface area contributed by atoms with Crippen LogP contribution < -0.4 is 9.47 Å². The van der Waals surface area contributed by atoms with Gasteiger partial charge in [0.25, 0.3) is 0 Å². The molecular formula is C30H30ClF2N3O4. The second-order valence-electron chi connectivity index (χ2n) is 10.9. The Kier molecular flexibility index (Phi) is 7.68. The number of ether oxygens (including phenoxy) is 3. The van der Waals surface area contributed by atoms with E-state index in [1.807, 2.05) is 41.3 Å². The predicted octanol–water partition coefficient (Wildman–Crippen LogP) is 7.17. The zero-order chi connectivity index (χ0) is 28.6. The number of benzene rings is 2. The molecule has 0 unspecified atom stereocenters. The third-order valence-corrected chi connectivity index (χ3v) is 6.89. The minimum atomic E-state index is -3.07. The summed E-state index contributed by atoms with van der Waals surface area (Å²) in [5.41, 5.74) is 3.63. The maximum Gasteiger partial charge on any atom is 0.388 e. The molecule has 0 spiro atoms. The van der Waals surface area contributed by atoms with E-state index in [2.05, 4.69) is 10.1 Å². The molecule has 2 aromatic heterocycles. The number of fused-ring (bicyclic) bond motifs is 1. The van der Waals surface area contributed by atoms with Crippen molar-refractivity contribution in [1.29, 1.82) is 0 Å². The van der Waals surface area contributed by atoms with Gasteiger partial charge in [-0.05, 0) is 87.4 Å². The number of rotatable bonds is 9. The van der Waals surface area contributed by atoms with Gasteiger partial charge in [-0.1, -0.05) is 23.7 Å². The number of pyridine rings is 1. The van der Waals surface area contributed by atoms with Gasteiger partial charge in [-0.15, -0.1) is 0 Å². The molecule has 0 aliphatic heterocycles. The fourth-order valence-electron chi connectivity index (χ4n) is 4.59. The Balaban J connectivity index is 1.47.